The quantitative estimate of drug-likeness (QED) is 0.275. The molecule has 0 radical (unpaired) electrons. The molecule has 0 unspecified atom stereocenters. The first kappa shape index (κ1) is 25.8. The number of amidine groups is 2. The molecule has 6 rings (SSSR count). The first-order valence-corrected chi connectivity index (χ1v) is 14.0. The van der Waals surface area contributed by atoms with Crippen LogP contribution < -0.4 is 4.74 Å². The molecule has 2 aliphatic rings. The van der Waals surface area contributed by atoms with Crippen molar-refractivity contribution >= 4 is 50.7 Å². The van der Waals surface area contributed by atoms with Crippen LogP contribution in [0.1, 0.15) is 33.5 Å². The van der Waals surface area contributed by atoms with Crippen LogP contribution in [0.5, 0.6) is 5.75 Å². The molecule has 0 bridgehead atoms. The minimum atomic E-state index is -0.430. The van der Waals surface area contributed by atoms with Gasteiger partial charge in [0.05, 0.1) is 12.1 Å². The molecular formula is C32H29N5O2S. The molecule has 0 spiro atoms. The van der Waals surface area contributed by atoms with E-state index in [2.05, 4.69) is 39.8 Å². The fourth-order valence-corrected chi connectivity index (χ4v) is 5.98. The third-order valence-corrected chi connectivity index (χ3v) is 8.16. The van der Waals surface area contributed by atoms with Crippen molar-refractivity contribution in [1.29, 1.82) is 5.41 Å². The lowest BCUT2D eigenvalue weighted by atomic mass is 10.0. The molecule has 7 nitrogen and oxygen atoms in total. The number of aryl methyl sites for hydroxylation is 3. The van der Waals surface area contributed by atoms with Gasteiger partial charge in [-0.2, -0.15) is 15.1 Å². The number of nitrogens with one attached hydrogen (secondary N) is 1. The number of hydrazone groups is 1. The zero-order valence-electron chi connectivity index (χ0n) is 22.9. The summed E-state index contributed by atoms with van der Waals surface area (Å²) in [5.41, 5.74) is 7.44. The molecule has 0 fully saturated rings. The van der Waals surface area contributed by atoms with E-state index in [0.717, 1.165) is 55.2 Å². The van der Waals surface area contributed by atoms with Gasteiger partial charge in [0, 0.05) is 27.7 Å². The monoisotopic (exact) mass is 547 g/mol. The summed E-state index contributed by atoms with van der Waals surface area (Å²) in [6.07, 6.45) is 1.80. The Labute approximate surface area is 237 Å². The number of aliphatic imine (C=N–C) groups is 1. The summed E-state index contributed by atoms with van der Waals surface area (Å²) in [5, 5.41) is 17.2. The lowest BCUT2D eigenvalue weighted by Crippen LogP contribution is -2.35. The van der Waals surface area contributed by atoms with Crippen LogP contribution in [-0.4, -0.2) is 38.1 Å². The zero-order chi connectivity index (χ0) is 28.0. The topological polar surface area (TPSA) is 83.0 Å². The van der Waals surface area contributed by atoms with Gasteiger partial charge in [0.15, 0.2) is 5.84 Å². The highest BCUT2D eigenvalue weighted by molar-refractivity contribution is 8.27. The number of thioether (sulfide) groups is 1. The highest BCUT2D eigenvalue weighted by Crippen LogP contribution is 2.34. The number of carbonyl (C=O) groups excluding carboxylic acids is 1. The van der Waals surface area contributed by atoms with Gasteiger partial charge in [-0.3, -0.25) is 10.2 Å². The van der Waals surface area contributed by atoms with Gasteiger partial charge in [0.1, 0.15) is 17.4 Å². The van der Waals surface area contributed by atoms with E-state index in [4.69, 9.17) is 10.1 Å². The second-order valence-corrected chi connectivity index (χ2v) is 11.0. The van der Waals surface area contributed by atoms with Gasteiger partial charge in [-0.25, -0.2) is 0 Å². The maximum Gasteiger partial charge on any atom is 0.283 e. The highest BCUT2D eigenvalue weighted by atomic mass is 32.2. The third kappa shape index (κ3) is 4.64. The number of ether oxygens (including phenoxy) is 1. The maximum atomic E-state index is 13.2. The van der Waals surface area contributed by atoms with Crippen LogP contribution in [-0.2, 0) is 11.3 Å². The molecule has 200 valence electrons. The summed E-state index contributed by atoms with van der Waals surface area (Å²) in [7, 11) is 0. The Balaban J connectivity index is 1.35. The van der Waals surface area contributed by atoms with Crippen LogP contribution >= 0.6 is 11.8 Å². The molecular weight excluding hydrogens is 518 g/mol. The average Bonchev–Trinajstić information content (AvgIpc) is 3.46. The van der Waals surface area contributed by atoms with Gasteiger partial charge in [-0.1, -0.05) is 53.6 Å². The van der Waals surface area contributed by atoms with E-state index in [1.165, 1.54) is 16.8 Å². The molecule has 40 heavy (non-hydrogen) atoms. The van der Waals surface area contributed by atoms with Crippen LogP contribution in [0.15, 0.2) is 82.4 Å². The molecule has 0 atom stereocenters. The number of nitrogens with zero attached hydrogens (tertiary/aromatic N) is 4. The van der Waals surface area contributed by atoms with Crippen molar-refractivity contribution in [1.82, 2.24) is 9.58 Å². The smallest absolute Gasteiger partial charge is 0.283 e. The predicted octanol–water partition coefficient (Wildman–Crippen LogP) is 6.62. The largest absolute Gasteiger partial charge is 0.491 e. The number of amides is 1. The van der Waals surface area contributed by atoms with Gasteiger partial charge < -0.3 is 9.30 Å². The number of hydrogen-bond donors (Lipinski definition) is 1. The van der Waals surface area contributed by atoms with Crippen molar-refractivity contribution in [3.63, 3.8) is 0 Å². The average molecular weight is 548 g/mol. The Morgan fingerprint density at radius 1 is 0.975 bits per heavy atom. The third-order valence-electron chi connectivity index (χ3n) is 7.20. The van der Waals surface area contributed by atoms with Crippen LogP contribution in [0.4, 0.5) is 0 Å². The standard InChI is InChI=1S/C32H29N5O2S/c1-19-8-7-10-23(16-19)31-35-37-29(33)26(30(38)34-32(37)40-31)18-24-22(4)36(27-13-12-20(2)17-25(24)27)14-15-39-28-11-6-5-9-21(28)3/h5-13,16-18,33H,14-15H2,1-4H3/b26-18+,33-29?. The van der Waals surface area contributed by atoms with Crippen molar-refractivity contribution in [2.24, 2.45) is 10.1 Å². The number of aromatic nitrogens is 1. The summed E-state index contributed by atoms with van der Waals surface area (Å²) in [6, 6.07) is 22.3. The molecule has 3 aromatic carbocycles. The van der Waals surface area contributed by atoms with Gasteiger partial charge in [-0.05, 0) is 75.4 Å². The SMILES string of the molecule is Cc1cccc(C2=NN3C(=N)/C(=C\c4c(C)n(CCOc5ccccc5C)c5ccc(C)cc45)C(=O)N=C3S2)c1. The van der Waals surface area contributed by atoms with E-state index in [-0.39, 0.29) is 11.4 Å². The number of para-hydroxylation sites is 1. The molecule has 4 aromatic rings. The Hall–Kier alpha value is -4.43. The van der Waals surface area contributed by atoms with E-state index in [9.17, 15) is 4.79 Å². The minimum absolute atomic E-state index is 0.0287. The molecule has 3 heterocycles. The van der Waals surface area contributed by atoms with Gasteiger partial charge >= 0.3 is 0 Å². The van der Waals surface area contributed by atoms with Crippen LogP contribution in [0, 0.1) is 33.1 Å². The summed E-state index contributed by atoms with van der Waals surface area (Å²) in [5.74, 6) is 0.472. The lowest BCUT2D eigenvalue weighted by molar-refractivity contribution is -0.114. The van der Waals surface area contributed by atoms with Crippen molar-refractivity contribution < 1.29 is 9.53 Å². The fraction of sp³-hybridized carbons (Fsp3) is 0.188. The Morgan fingerprint density at radius 3 is 2.58 bits per heavy atom. The van der Waals surface area contributed by atoms with E-state index in [1.807, 2.05) is 69.3 Å². The van der Waals surface area contributed by atoms with Crippen LogP contribution in [0.25, 0.3) is 17.0 Å². The second-order valence-electron chi connectivity index (χ2n) is 10.1. The van der Waals surface area contributed by atoms with E-state index in [1.54, 1.807) is 6.08 Å². The molecule has 8 heteroatoms. The van der Waals surface area contributed by atoms with Crippen LogP contribution in [0.3, 0.4) is 0 Å². The van der Waals surface area contributed by atoms with Gasteiger partial charge in [0.2, 0.25) is 5.17 Å². The summed E-state index contributed by atoms with van der Waals surface area (Å²) >= 11 is 1.31. The first-order chi connectivity index (χ1) is 19.3. The summed E-state index contributed by atoms with van der Waals surface area (Å²) in [6.45, 7) is 9.30. The van der Waals surface area contributed by atoms with Crippen molar-refractivity contribution in [2.45, 2.75) is 34.2 Å². The summed E-state index contributed by atoms with van der Waals surface area (Å²) in [4.78, 5) is 17.5. The van der Waals surface area contributed by atoms with Crippen molar-refractivity contribution in [3.8, 4) is 5.75 Å². The fourth-order valence-electron chi connectivity index (χ4n) is 5.09. The number of benzene rings is 3. The number of rotatable bonds is 6. The van der Waals surface area contributed by atoms with E-state index >= 15 is 0 Å². The number of carbonyl (C=O) groups is 1. The zero-order valence-corrected chi connectivity index (χ0v) is 23.7. The molecule has 0 saturated carbocycles. The highest BCUT2D eigenvalue weighted by Gasteiger charge is 2.36. The Kier molecular flexibility index (Phi) is 6.64. The molecule has 1 amide bonds. The molecule has 1 aromatic heterocycles. The predicted molar refractivity (Wildman–Crippen MR) is 163 cm³/mol. The van der Waals surface area contributed by atoms with Crippen LogP contribution in [0.2, 0.25) is 0 Å². The van der Waals surface area contributed by atoms with E-state index in [0.29, 0.717) is 18.3 Å². The molecule has 0 aliphatic carbocycles. The van der Waals surface area contributed by atoms with Gasteiger partial charge in [-0.15, -0.1) is 0 Å². The lowest BCUT2D eigenvalue weighted by Gasteiger charge is -2.20. The van der Waals surface area contributed by atoms with Crippen molar-refractivity contribution in [3.05, 3.63) is 106 Å². The van der Waals surface area contributed by atoms with E-state index < -0.39 is 5.91 Å². The van der Waals surface area contributed by atoms with Crippen molar-refractivity contribution in [2.75, 3.05) is 6.61 Å². The number of hydrogen-bond acceptors (Lipinski definition) is 5. The molecule has 0 saturated heterocycles. The number of fused-ring (bicyclic) bond motifs is 2. The second kappa shape index (κ2) is 10.3. The normalized spacial score (nSPS) is 16.0. The molecule has 2 aliphatic heterocycles. The molecule has 1 N–H and O–H groups in total. The minimum Gasteiger partial charge on any atom is -0.491 e. The first-order valence-electron chi connectivity index (χ1n) is 13.2. The Morgan fingerprint density at radius 2 is 1.77 bits per heavy atom. The summed E-state index contributed by atoms with van der Waals surface area (Å²) < 4.78 is 8.31. The van der Waals surface area contributed by atoms with Gasteiger partial charge in [0.25, 0.3) is 5.91 Å². The Bertz CT molecular complexity index is 1800. The maximum absolute atomic E-state index is 13.2.